The van der Waals surface area contributed by atoms with E-state index in [0.29, 0.717) is 16.4 Å². The minimum absolute atomic E-state index is 0.0826. The number of nitrogens with one attached hydrogen (secondary N) is 1. The summed E-state index contributed by atoms with van der Waals surface area (Å²) in [4.78, 5) is 2.47. The molecule has 0 saturated carbocycles. The molecule has 0 aliphatic carbocycles. The van der Waals surface area contributed by atoms with Crippen molar-refractivity contribution in [3.05, 3.63) is 34.1 Å². The van der Waals surface area contributed by atoms with E-state index in [1.54, 1.807) is 6.07 Å². The second kappa shape index (κ2) is 6.76. The molecule has 1 aromatic rings. The molecule has 0 amide bonds. The second-order valence-corrected chi connectivity index (χ2v) is 7.91. The van der Waals surface area contributed by atoms with Crippen LogP contribution in [0.2, 0.25) is 0 Å². The summed E-state index contributed by atoms with van der Waals surface area (Å²) in [7, 11) is 0. The molecular formula is C17H26BrFN2. The molecular weight excluding hydrogens is 331 g/mol. The van der Waals surface area contributed by atoms with Gasteiger partial charge in [-0.25, -0.2) is 4.39 Å². The third kappa shape index (κ3) is 4.27. The van der Waals surface area contributed by atoms with E-state index >= 15 is 0 Å². The van der Waals surface area contributed by atoms with E-state index in [2.05, 4.69) is 53.8 Å². The monoisotopic (exact) mass is 356 g/mol. The van der Waals surface area contributed by atoms with Crippen LogP contribution in [0, 0.1) is 11.7 Å². The molecule has 21 heavy (non-hydrogen) atoms. The average molecular weight is 357 g/mol. The summed E-state index contributed by atoms with van der Waals surface area (Å²) in [5.74, 6) is 0.505. The molecule has 1 aliphatic rings. The average Bonchev–Trinajstić information content (AvgIpc) is 2.38. The summed E-state index contributed by atoms with van der Waals surface area (Å²) in [6.07, 6.45) is 1.18. The van der Waals surface area contributed by atoms with Gasteiger partial charge in [0.25, 0.3) is 0 Å². The molecule has 118 valence electrons. The van der Waals surface area contributed by atoms with Gasteiger partial charge in [-0.05, 0) is 53.7 Å². The maximum atomic E-state index is 13.7. The van der Waals surface area contributed by atoms with E-state index in [1.165, 1.54) is 12.5 Å². The first kappa shape index (κ1) is 16.9. The number of benzene rings is 1. The van der Waals surface area contributed by atoms with Crippen LogP contribution in [0.1, 0.15) is 39.7 Å². The largest absolute Gasteiger partial charge is 0.311 e. The standard InChI is InChI=1S/C17H26BrFN2/c1-12(2)8-14-10-21(17(3,4)11-20-14)9-13-6-5-7-15(19)16(13)18/h5-7,12,14,20H,8-11H2,1-4H3. The van der Waals surface area contributed by atoms with Gasteiger partial charge in [0.15, 0.2) is 0 Å². The number of nitrogens with zero attached hydrogens (tertiary/aromatic N) is 1. The summed E-state index contributed by atoms with van der Waals surface area (Å²) in [5.41, 5.74) is 1.10. The Hall–Kier alpha value is -0.450. The van der Waals surface area contributed by atoms with Gasteiger partial charge in [-0.1, -0.05) is 26.0 Å². The van der Waals surface area contributed by atoms with Gasteiger partial charge in [0, 0.05) is 31.2 Å². The van der Waals surface area contributed by atoms with Crippen molar-refractivity contribution in [2.24, 2.45) is 5.92 Å². The molecule has 1 aromatic carbocycles. The van der Waals surface area contributed by atoms with Crippen LogP contribution >= 0.6 is 15.9 Å². The number of rotatable bonds is 4. The van der Waals surface area contributed by atoms with Crippen LogP contribution in [0.3, 0.4) is 0 Å². The Morgan fingerprint density at radius 3 is 2.81 bits per heavy atom. The number of piperazine rings is 1. The van der Waals surface area contributed by atoms with E-state index in [9.17, 15) is 4.39 Å². The Labute approximate surface area is 136 Å². The van der Waals surface area contributed by atoms with E-state index in [0.717, 1.165) is 25.2 Å². The van der Waals surface area contributed by atoms with E-state index in [4.69, 9.17) is 0 Å². The van der Waals surface area contributed by atoms with Crippen molar-refractivity contribution in [1.29, 1.82) is 0 Å². The van der Waals surface area contributed by atoms with Crippen molar-refractivity contribution in [1.82, 2.24) is 10.2 Å². The zero-order valence-corrected chi connectivity index (χ0v) is 15.0. The van der Waals surface area contributed by atoms with Crippen LogP contribution in [0.5, 0.6) is 0 Å². The molecule has 1 atom stereocenters. The van der Waals surface area contributed by atoms with Crippen molar-refractivity contribution >= 4 is 15.9 Å². The number of hydrogen-bond acceptors (Lipinski definition) is 2. The fraction of sp³-hybridized carbons (Fsp3) is 0.647. The Morgan fingerprint density at radius 1 is 1.43 bits per heavy atom. The lowest BCUT2D eigenvalue weighted by Gasteiger charge is -2.46. The summed E-state index contributed by atoms with van der Waals surface area (Å²) >= 11 is 3.38. The maximum absolute atomic E-state index is 13.7. The topological polar surface area (TPSA) is 15.3 Å². The highest BCUT2D eigenvalue weighted by Crippen LogP contribution is 2.27. The third-order valence-electron chi connectivity index (χ3n) is 4.27. The van der Waals surface area contributed by atoms with Crippen molar-refractivity contribution in [3.63, 3.8) is 0 Å². The Morgan fingerprint density at radius 2 is 2.14 bits per heavy atom. The lowest BCUT2D eigenvalue weighted by Crippen LogP contribution is -2.61. The van der Waals surface area contributed by atoms with Crippen molar-refractivity contribution in [3.8, 4) is 0 Å². The van der Waals surface area contributed by atoms with Gasteiger partial charge in [0.1, 0.15) is 5.82 Å². The van der Waals surface area contributed by atoms with Crippen LogP contribution in [0.25, 0.3) is 0 Å². The fourth-order valence-electron chi connectivity index (χ4n) is 2.97. The molecule has 1 fully saturated rings. The fourth-order valence-corrected chi connectivity index (χ4v) is 3.35. The van der Waals surface area contributed by atoms with Gasteiger partial charge in [0.2, 0.25) is 0 Å². The van der Waals surface area contributed by atoms with Gasteiger partial charge in [-0.15, -0.1) is 0 Å². The molecule has 4 heteroatoms. The molecule has 1 unspecified atom stereocenters. The molecule has 0 bridgehead atoms. The van der Waals surface area contributed by atoms with E-state index in [1.807, 2.05) is 6.07 Å². The first-order valence-corrected chi connectivity index (χ1v) is 8.50. The molecule has 1 aliphatic heterocycles. The number of halogens is 2. The van der Waals surface area contributed by atoms with Crippen LogP contribution in [-0.2, 0) is 6.54 Å². The second-order valence-electron chi connectivity index (χ2n) is 7.11. The van der Waals surface area contributed by atoms with Crippen LogP contribution < -0.4 is 5.32 Å². The maximum Gasteiger partial charge on any atom is 0.137 e. The first-order valence-electron chi connectivity index (χ1n) is 7.71. The lowest BCUT2D eigenvalue weighted by atomic mass is 9.93. The van der Waals surface area contributed by atoms with Crippen molar-refractivity contribution in [2.75, 3.05) is 13.1 Å². The Kier molecular flexibility index (Phi) is 5.44. The van der Waals surface area contributed by atoms with Gasteiger partial charge in [-0.2, -0.15) is 0 Å². The smallest absolute Gasteiger partial charge is 0.137 e. The number of hydrogen-bond donors (Lipinski definition) is 1. The molecule has 1 saturated heterocycles. The highest BCUT2D eigenvalue weighted by molar-refractivity contribution is 9.10. The summed E-state index contributed by atoms with van der Waals surface area (Å²) in [6, 6.07) is 5.81. The molecule has 2 rings (SSSR count). The SMILES string of the molecule is CC(C)CC1CN(Cc2cccc(F)c2Br)C(C)(C)CN1. The van der Waals surface area contributed by atoms with Gasteiger partial charge in [0.05, 0.1) is 4.47 Å². The predicted octanol–water partition coefficient (Wildman–Crippen LogP) is 4.19. The first-order chi connectivity index (χ1) is 9.79. The summed E-state index contributed by atoms with van der Waals surface area (Å²) < 4.78 is 14.3. The van der Waals surface area contributed by atoms with Crippen LogP contribution in [0.15, 0.2) is 22.7 Å². The molecule has 0 spiro atoms. The highest BCUT2D eigenvalue weighted by atomic mass is 79.9. The van der Waals surface area contributed by atoms with Crippen LogP contribution in [-0.4, -0.2) is 29.6 Å². The summed E-state index contributed by atoms with van der Waals surface area (Å²) in [6.45, 7) is 11.8. The lowest BCUT2D eigenvalue weighted by molar-refractivity contribution is 0.0533. The predicted molar refractivity (Wildman–Crippen MR) is 89.8 cm³/mol. The van der Waals surface area contributed by atoms with Crippen molar-refractivity contribution < 1.29 is 4.39 Å². The summed E-state index contributed by atoms with van der Waals surface area (Å²) in [5, 5.41) is 3.66. The third-order valence-corrected chi connectivity index (χ3v) is 5.16. The zero-order chi connectivity index (χ0) is 15.6. The zero-order valence-electron chi connectivity index (χ0n) is 13.4. The van der Waals surface area contributed by atoms with E-state index in [-0.39, 0.29) is 11.4 Å². The Balaban J connectivity index is 2.13. The minimum Gasteiger partial charge on any atom is -0.311 e. The molecule has 0 aromatic heterocycles. The normalized spacial score (nSPS) is 22.7. The van der Waals surface area contributed by atoms with Crippen molar-refractivity contribution in [2.45, 2.75) is 52.2 Å². The quantitative estimate of drug-likeness (QED) is 0.869. The molecule has 1 heterocycles. The van der Waals surface area contributed by atoms with Gasteiger partial charge < -0.3 is 5.32 Å². The van der Waals surface area contributed by atoms with Gasteiger partial charge in [-0.3, -0.25) is 4.90 Å². The molecule has 2 nitrogen and oxygen atoms in total. The van der Waals surface area contributed by atoms with Gasteiger partial charge >= 0.3 is 0 Å². The van der Waals surface area contributed by atoms with Crippen LogP contribution in [0.4, 0.5) is 4.39 Å². The molecule has 1 N–H and O–H groups in total. The minimum atomic E-state index is -0.181. The van der Waals surface area contributed by atoms with E-state index < -0.39 is 0 Å². The highest BCUT2D eigenvalue weighted by Gasteiger charge is 2.34. The molecule has 0 radical (unpaired) electrons. The Bertz CT molecular complexity index is 488.